The summed E-state index contributed by atoms with van der Waals surface area (Å²) in [6, 6.07) is 12.5. The Labute approximate surface area is 139 Å². The van der Waals surface area contributed by atoms with Crippen molar-refractivity contribution in [1.82, 2.24) is 4.90 Å². The van der Waals surface area contributed by atoms with Gasteiger partial charge >= 0.3 is 5.97 Å². The number of carbonyl (C=O) groups excluding carboxylic acids is 2. The number of esters is 1. The highest BCUT2D eigenvalue weighted by atomic mass is 19.1. The van der Waals surface area contributed by atoms with Gasteiger partial charge in [-0.25, -0.2) is 9.18 Å². The zero-order valence-corrected chi connectivity index (χ0v) is 13.4. The summed E-state index contributed by atoms with van der Waals surface area (Å²) in [7, 11) is 0. The largest absolute Gasteiger partial charge is 0.460 e. The van der Waals surface area contributed by atoms with Gasteiger partial charge in [0.25, 0.3) is 5.78 Å². The standard InChI is InChI=1S/C19H18FNO3/c1-2-24-19(23)18(22)14-8-9-17(20)16-12-21(11-15(14)16)10-13-6-4-3-5-7-13/h3-9H,2,10-12H2,1H3. The lowest BCUT2D eigenvalue weighted by molar-refractivity contribution is -0.137. The Bertz CT molecular complexity index is 774. The smallest absolute Gasteiger partial charge is 0.379 e. The average Bonchev–Trinajstić information content (AvgIpc) is 3.00. The minimum atomic E-state index is -0.896. The van der Waals surface area contributed by atoms with Gasteiger partial charge in [-0.2, -0.15) is 0 Å². The predicted octanol–water partition coefficient (Wildman–Crippen LogP) is 3.09. The van der Waals surface area contributed by atoms with E-state index in [2.05, 4.69) is 0 Å². The van der Waals surface area contributed by atoms with Crippen molar-refractivity contribution in [3.05, 3.63) is 70.5 Å². The molecule has 0 fully saturated rings. The van der Waals surface area contributed by atoms with E-state index in [1.165, 1.54) is 12.1 Å². The van der Waals surface area contributed by atoms with E-state index in [0.29, 0.717) is 30.8 Å². The average molecular weight is 327 g/mol. The topological polar surface area (TPSA) is 46.6 Å². The zero-order valence-electron chi connectivity index (χ0n) is 13.4. The summed E-state index contributed by atoms with van der Waals surface area (Å²) in [4.78, 5) is 26.0. The maximum atomic E-state index is 14.1. The molecule has 1 heterocycles. The maximum absolute atomic E-state index is 14.1. The molecule has 0 atom stereocenters. The Morgan fingerprint density at radius 1 is 1.08 bits per heavy atom. The lowest BCUT2D eigenvalue weighted by Crippen LogP contribution is -2.20. The third kappa shape index (κ3) is 3.21. The molecule has 0 aromatic heterocycles. The molecule has 124 valence electrons. The monoisotopic (exact) mass is 327 g/mol. The number of fused-ring (bicyclic) bond motifs is 1. The number of ether oxygens (including phenoxy) is 1. The molecule has 0 unspecified atom stereocenters. The van der Waals surface area contributed by atoms with Crippen molar-refractivity contribution in [3.8, 4) is 0 Å². The van der Waals surface area contributed by atoms with Crippen LogP contribution in [0.1, 0.15) is 34.0 Å². The van der Waals surface area contributed by atoms with Crippen LogP contribution in [0, 0.1) is 5.82 Å². The molecule has 2 aromatic carbocycles. The van der Waals surface area contributed by atoms with Crippen molar-refractivity contribution in [2.75, 3.05) is 6.61 Å². The Hall–Kier alpha value is -2.53. The van der Waals surface area contributed by atoms with E-state index in [1.54, 1.807) is 6.92 Å². The van der Waals surface area contributed by atoms with Gasteiger partial charge in [0, 0.05) is 30.8 Å². The molecule has 0 aliphatic carbocycles. The van der Waals surface area contributed by atoms with Crippen molar-refractivity contribution in [2.45, 2.75) is 26.6 Å². The van der Waals surface area contributed by atoms with Crippen molar-refractivity contribution in [3.63, 3.8) is 0 Å². The van der Waals surface area contributed by atoms with Crippen LogP contribution in [-0.4, -0.2) is 23.3 Å². The van der Waals surface area contributed by atoms with E-state index < -0.39 is 11.8 Å². The van der Waals surface area contributed by atoms with Gasteiger partial charge in [-0.15, -0.1) is 0 Å². The van der Waals surface area contributed by atoms with Crippen molar-refractivity contribution >= 4 is 11.8 Å². The summed E-state index contributed by atoms with van der Waals surface area (Å²) < 4.78 is 18.9. The molecule has 0 saturated carbocycles. The third-order valence-electron chi connectivity index (χ3n) is 4.09. The third-order valence-corrected chi connectivity index (χ3v) is 4.09. The number of Topliss-reactive ketones (excluding diaryl/α,β-unsaturated/α-hetero) is 1. The molecule has 0 amide bonds. The quantitative estimate of drug-likeness (QED) is 0.481. The van der Waals surface area contributed by atoms with Crippen molar-refractivity contribution < 1.29 is 18.7 Å². The first-order chi connectivity index (χ1) is 11.6. The summed E-state index contributed by atoms with van der Waals surface area (Å²) in [5.74, 6) is -1.96. The molecule has 0 N–H and O–H groups in total. The molecule has 3 rings (SSSR count). The van der Waals surface area contributed by atoms with Gasteiger partial charge in [0.15, 0.2) is 0 Å². The Morgan fingerprint density at radius 2 is 1.79 bits per heavy atom. The summed E-state index contributed by atoms with van der Waals surface area (Å²) in [6.07, 6.45) is 0. The lowest BCUT2D eigenvalue weighted by atomic mass is 10.00. The van der Waals surface area contributed by atoms with Gasteiger partial charge in [-0.05, 0) is 30.2 Å². The number of nitrogens with zero attached hydrogens (tertiary/aromatic N) is 1. The number of benzene rings is 2. The molecule has 2 aromatic rings. The molecule has 1 aliphatic heterocycles. The van der Waals surface area contributed by atoms with Crippen LogP contribution in [0.15, 0.2) is 42.5 Å². The minimum Gasteiger partial charge on any atom is -0.460 e. The Balaban J connectivity index is 1.85. The molecule has 0 bridgehead atoms. The van der Waals surface area contributed by atoms with Crippen LogP contribution in [0.3, 0.4) is 0 Å². The second-order valence-corrected chi connectivity index (χ2v) is 5.73. The molecule has 1 aliphatic rings. The van der Waals surface area contributed by atoms with Gasteiger partial charge in [0.05, 0.1) is 6.61 Å². The SMILES string of the molecule is CCOC(=O)C(=O)c1ccc(F)c2c1CN(Cc1ccccc1)C2. The fraction of sp³-hybridized carbons (Fsp3) is 0.263. The number of hydrogen-bond acceptors (Lipinski definition) is 4. The number of hydrogen-bond donors (Lipinski definition) is 0. The Kier molecular flexibility index (Phi) is 4.71. The van der Waals surface area contributed by atoms with Crippen LogP contribution in [0.2, 0.25) is 0 Å². The molecular weight excluding hydrogens is 309 g/mol. The molecule has 4 nitrogen and oxygen atoms in total. The van der Waals surface area contributed by atoms with E-state index in [4.69, 9.17) is 4.74 Å². The van der Waals surface area contributed by atoms with Gasteiger partial charge in [0.1, 0.15) is 5.82 Å². The predicted molar refractivity (Wildman–Crippen MR) is 86.8 cm³/mol. The van der Waals surface area contributed by atoms with E-state index in [-0.39, 0.29) is 18.0 Å². The molecule has 0 saturated heterocycles. The first kappa shape index (κ1) is 16.3. The summed E-state index contributed by atoms with van der Waals surface area (Å²) in [6.45, 7) is 3.28. The second kappa shape index (κ2) is 6.93. The van der Waals surface area contributed by atoms with E-state index >= 15 is 0 Å². The van der Waals surface area contributed by atoms with E-state index in [1.807, 2.05) is 35.2 Å². The maximum Gasteiger partial charge on any atom is 0.379 e. The molecule has 0 radical (unpaired) electrons. The molecule has 5 heteroatoms. The molecular formula is C19H18FNO3. The van der Waals surface area contributed by atoms with Crippen LogP contribution in [0.5, 0.6) is 0 Å². The summed E-state index contributed by atoms with van der Waals surface area (Å²) >= 11 is 0. The lowest BCUT2D eigenvalue weighted by Gasteiger charge is -2.14. The van der Waals surface area contributed by atoms with Crippen molar-refractivity contribution in [2.24, 2.45) is 0 Å². The number of ketones is 1. The first-order valence-electron chi connectivity index (χ1n) is 7.88. The van der Waals surface area contributed by atoms with Crippen LogP contribution in [-0.2, 0) is 29.2 Å². The fourth-order valence-electron chi connectivity index (χ4n) is 2.99. The van der Waals surface area contributed by atoms with Crippen LogP contribution in [0.25, 0.3) is 0 Å². The van der Waals surface area contributed by atoms with Crippen LogP contribution >= 0.6 is 0 Å². The highest BCUT2D eigenvalue weighted by molar-refractivity contribution is 6.41. The second-order valence-electron chi connectivity index (χ2n) is 5.73. The van der Waals surface area contributed by atoms with Crippen LogP contribution in [0.4, 0.5) is 4.39 Å². The minimum absolute atomic E-state index is 0.133. The van der Waals surface area contributed by atoms with Gasteiger partial charge < -0.3 is 4.74 Å². The first-order valence-corrected chi connectivity index (χ1v) is 7.88. The Morgan fingerprint density at radius 3 is 2.50 bits per heavy atom. The van der Waals surface area contributed by atoms with E-state index in [9.17, 15) is 14.0 Å². The summed E-state index contributed by atoms with van der Waals surface area (Å²) in [5, 5.41) is 0. The van der Waals surface area contributed by atoms with Gasteiger partial charge in [-0.3, -0.25) is 9.69 Å². The molecule has 0 spiro atoms. The van der Waals surface area contributed by atoms with Crippen LogP contribution < -0.4 is 0 Å². The summed E-state index contributed by atoms with van der Waals surface area (Å²) in [5.41, 5.74) is 2.43. The van der Waals surface area contributed by atoms with Crippen molar-refractivity contribution in [1.29, 1.82) is 0 Å². The fourth-order valence-corrected chi connectivity index (χ4v) is 2.99. The highest BCUT2D eigenvalue weighted by Gasteiger charge is 2.29. The molecule has 24 heavy (non-hydrogen) atoms. The number of halogens is 1. The number of carbonyl (C=O) groups is 2. The normalized spacial score (nSPS) is 13.6. The number of rotatable bonds is 5. The van der Waals surface area contributed by atoms with Gasteiger partial charge in [0.2, 0.25) is 0 Å². The highest BCUT2D eigenvalue weighted by Crippen LogP contribution is 2.30. The van der Waals surface area contributed by atoms with E-state index in [0.717, 1.165) is 5.56 Å². The zero-order chi connectivity index (χ0) is 17.1. The van der Waals surface area contributed by atoms with Gasteiger partial charge in [-0.1, -0.05) is 30.3 Å².